The molecule has 0 heterocycles. The molecule has 0 aliphatic carbocycles. The number of nitriles is 1. The van der Waals surface area contributed by atoms with Gasteiger partial charge < -0.3 is 10.5 Å². The molecule has 18 heavy (non-hydrogen) atoms. The third-order valence-electron chi connectivity index (χ3n) is 2.74. The Morgan fingerprint density at radius 2 is 2.06 bits per heavy atom. The number of ether oxygens (including phenoxy) is 1. The standard InChI is InChI=1S/C14H12N2O2/c15-9-13-11(7-8-18-14(16)17)6-5-10-3-1-2-4-12(10)13/h1-6H,7-8H2,(H2,16,17). The van der Waals surface area contributed by atoms with Gasteiger partial charge in [0.1, 0.15) is 6.07 Å². The molecule has 4 nitrogen and oxygen atoms in total. The smallest absolute Gasteiger partial charge is 0.404 e. The van der Waals surface area contributed by atoms with Gasteiger partial charge in [-0.1, -0.05) is 36.4 Å². The molecule has 2 rings (SSSR count). The molecule has 4 heteroatoms. The third kappa shape index (κ3) is 2.41. The monoisotopic (exact) mass is 240 g/mol. The van der Waals surface area contributed by atoms with E-state index in [4.69, 9.17) is 5.73 Å². The number of amides is 1. The predicted molar refractivity (Wildman–Crippen MR) is 67.9 cm³/mol. The highest BCUT2D eigenvalue weighted by atomic mass is 16.5. The maximum atomic E-state index is 10.5. The van der Waals surface area contributed by atoms with E-state index < -0.39 is 6.09 Å². The van der Waals surface area contributed by atoms with E-state index in [0.29, 0.717) is 12.0 Å². The number of nitrogens with two attached hydrogens (primary N) is 1. The minimum Gasteiger partial charge on any atom is -0.449 e. The molecule has 0 bridgehead atoms. The Kier molecular flexibility index (Phi) is 3.44. The first-order valence-electron chi connectivity index (χ1n) is 5.55. The van der Waals surface area contributed by atoms with E-state index in [1.54, 1.807) is 0 Å². The number of carbonyl (C=O) groups is 1. The van der Waals surface area contributed by atoms with E-state index in [1.165, 1.54) is 0 Å². The molecule has 0 aliphatic rings. The molecular formula is C14H12N2O2. The van der Waals surface area contributed by atoms with Crippen LogP contribution in [0.5, 0.6) is 0 Å². The highest BCUT2D eigenvalue weighted by molar-refractivity contribution is 5.89. The first-order valence-corrected chi connectivity index (χ1v) is 5.55. The molecule has 0 saturated carbocycles. The van der Waals surface area contributed by atoms with Crippen LogP contribution in [0.3, 0.4) is 0 Å². The molecule has 2 aromatic carbocycles. The number of hydrogen-bond acceptors (Lipinski definition) is 3. The zero-order chi connectivity index (χ0) is 13.0. The summed E-state index contributed by atoms with van der Waals surface area (Å²) in [5.74, 6) is 0. The second kappa shape index (κ2) is 5.19. The van der Waals surface area contributed by atoms with Crippen LogP contribution in [0.4, 0.5) is 4.79 Å². The van der Waals surface area contributed by atoms with Crippen LogP contribution >= 0.6 is 0 Å². The van der Waals surface area contributed by atoms with Gasteiger partial charge in [0.25, 0.3) is 0 Å². The lowest BCUT2D eigenvalue weighted by Gasteiger charge is -2.07. The summed E-state index contributed by atoms with van der Waals surface area (Å²) in [4.78, 5) is 10.5. The fourth-order valence-corrected chi connectivity index (χ4v) is 1.92. The fourth-order valence-electron chi connectivity index (χ4n) is 1.92. The van der Waals surface area contributed by atoms with Crippen LogP contribution in [0.1, 0.15) is 11.1 Å². The van der Waals surface area contributed by atoms with Gasteiger partial charge in [-0.3, -0.25) is 0 Å². The van der Waals surface area contributed by atoms with Crippen molar-refractivity contribution in [3.63, 3.8) is 0 Å². The van der Waals surface area contributed by atoms with E-state index in [1.807, 2.05) is 36.4 Å². The van der Waals surface area contributed by atoms with E-state index in [0.717, 1.165) is 16.3 Å². The summed E-state index contributed by atoms with van der Waals surface area (Å²) >= 11 is 0. The van der Waals surface area contributed by atoms with Crippen molar-refractivity contribution in [1.82, 2.24) is 0 Å². The Labute approximate surface area is 105 Å². The third-order valence-corrected chi connectivity index (χ3v) is 2.74. The predicted octanol–water partition coefficient (Wildman–Crippen LogP) is 2.35. The topological polar surface area (TPSA) is 76.1 Å². The molecule has 0 aliphatic heterocycles. The van der Waals surface area contributed by atoms with E-state index in [9.17, 15) is 10.1 Å². The highest BCUT2D eigenvalue weighted by Crippen LogP contribution is 2.22. The second-order valence-electron chi connectivity index (χ2n) is 3.85. The molecule has 2 N–H and O–H groups in total. The summed E-state index contributed by atoms with van der Waals surface area (Å²) in [5.41, 5.74) is 6.38. The van der Waals surface area contributed by atoms with Crippen LogP contribution in [-0.4, -0.2) is 12.7 Å². The Bertz CT molecular complexity index is 629. The average molecular weight is 240 g/mol. The van der Waals surface area contributed by atoms with Crippen molar-refractivity contribution in [2.45, 2.75) is 6.42 Å². The SMILES string of the molecule is N#Cc1c(CCOC(N)=O)ccc2ccccc12. The molecule has 0 unspecified atom stereocenters. The van der Waals surface area contributed by atoms with Crippen molar-refractivity contribution < 1.29 is 9.53 Å². The molecule has 0 radical (unpaired) electrons. The van der Waals surface area contributed by atoms with Crippen LogP contribution < -0.4 is 5.73 Å². The number of nitrogens with zero attached hydrogens (tertiary/aromatic N) is 1. The molecule has 0 aromatic heterocycles. The lowest BCUT2D eigenvalue weighted by atomic mass is 9.98. The fraction of sp³-hybridized carbons (Fsp3) is 0.143. The van der Waals surface area contributed by atoms with Gasteiger partial charge in [-0.2, -0.15) is 5.26 Å². The summed E-state index contributed by atoms with van der Waals surface area (Å²) in [7, 11) is 0. The average Bonchev–Trinajstić information content (AvgIpc) is 2.38. The second-order valence-corrected chi connectivity index (χ2v) is 3.85. The Morgan fingerprint density at radius 1 is 1.28 bits per heavy atom. The number of carbonyl (C=O) groups excluding carboxylic acids is 1. The highest BCUT2D eigenvalue weighted by Gasteiger charge is 2.07. The Morgan fingerprint density at radius 3 is 2.78 bits per heavy atom. The van der Waals surface area contributed by atoms with Gasteiger partial charge >= 0.3 is 6.09 Å². The molecule has 1 amide bonds. The van der Waals surface area contributed by atoms with Crippen molar-refractivity contribution in [1.29, 1.82) is 5.26 Å². The van der Waals surface area contributed by atoms with E-state index in [-0.39, 0.29) is 6.61 Å². The zero-order valence-corrected chi connectivity index (χ0v) is 9.72. The van der Waals surface area contributed by atoms with Gasteiger partial charge in [-0.25, -0.2) is 4.79 Å². The lowest BCUT2D eigenvalue weighted by Crippen LogP contribution is -2.15. The molecule has 90 valence electrons. The van der Waals surface area contributed by atoms with Crippen molar-refractivity contribution in [2.75, 3.05) is 6.61 Å². The van der Waals surface area contributed by atoms with Gasteiger partial charge in [-0.15, -0.1) is 0 Å². The molecular weight excluding hydrogens is 228 g/mol. The Hall–Kier alpha value is -2.54. The minimum atomic E-state index is -0.797. The number of rotatable bonds is 3. The Balaban J connectivity index is 2.34. The minimum absolute atomic E-state index is 0.183. The van der Waals surface area contributed by atoms with Crippen molar-refractivity contribution in [3.8, 4) is 6.07 Å². The number of hydrogen-bond donors (Lipinski definition) is 1. The lowest BCUT2D eigenvalue weighted by molar-refractivity contribution is 0.158. The maximum Gasteiger partial charge on any atom is 0.404 e. The van der Waals surface area contributed by atoms with Crippen LogP contribution in [0.25, 0.3) is 10.8 Å². The normalized spacial score (nSPS) is 9.94. The molecule has 0 saturated heterocycles. The van der Waals surface area contributed by atoms with Crippen molar-refractivity contribution in [2.24, 2.45) is 5.73 Å². The van der Waals surface area contributed by atoms with Crippen molar-refractivity contribution >= 4 is 16.9 Å². The number of benzene rings is 2. The van der Waals surface area contributed by atoms with Gasteiger partial charge in [0.15, 0.2) is 0 Å². The first-order chi connectivity index (χ1) is 8.72. The summed E-state index contributed by atoms with van der Waals surface area (Å²) in [6.45, 7) is 0.183. The number of fused-ring (bicyclic) bond motifs is 1. The number of primary amides is 1. The largest absolute Gasteiger partial charge is 0.449 e. The van der Waals surface area contributed by atoms with Gasteiger partial charge in [0, 0.05) is 6.42 Å². The van der Waals surface area contributed by atoms with Crippen LogP contribution in [0.2, 0.25) is 0 Å². The van der Waals surface area contributed by atoms with Crippen LogP contribution in [0, 0.1) is 11.3 Å². The van der Waals surface area contributed by atoms with Crippen LogP contribution in [0.15, 0.2) is 36.4 Å². The summed E-state index contributed by atoms with van der Waals surface area (Å²) in [5, 5.41) is 11.2. The van der Waals surface area contributed by atoms with Gasteiger partial charge in [-0.05, 0) is 16.3 Å². The summed E-state index contributed by atoms with van der Waals surface area (Å²) in [6.07, 6.45) is -0.314. The maximum absolute atomic E-state index is 10.5. The molecule has 2 aromatic rings. The van der Waals surface area contributed by atoms with Crippen molar-refractivity contribution in [3.05, 3.63) is 47.5 Å². The molecule has 0 fully saturated rings. The summed E-state index contributed by atoms with van der Waals surface area (Å²) < 4.78 is 4.69. The van der Waals surface area contributed by atoms with E-state index in [2.05, 4.69) is 10.8 Å². The van der Waals surface area contributed by atoms with Gasteiger partial charge in [0.05, 0.1) is 12.2 Å². The molecule has 0 atom stereocenters. The van der Waals surface area contributed by atoms with E-state index >= 15 is 0 Å². The zero-order valence-electron chi connectivity index (χ0n) is 9.72. The summed E-state index contributed by atoms with van der Waals surface area (Å²) in [6, 6.07) is 13.7. The van der Waals surface area contributed by atoms with Crippen LogP contribution in [-0.2, 0) is 11.2 Å². The quantitative estimate of drug-likeness (QED) is 0.894. The van der Waals surface area contributed by atoms with Gasteiger partial charge in [0.2, 0.25) is 0 Å². The molecule has 0 spiro atoms. The first kappa shape index (κ1) is 11.9.